The lowest BCUT2D eigenvalue weighted by atomic mass is 9.93. The second-order valence-corrected chi connectivity index (χ2v) is 7.73. The maximum absolute atomic E-state index is 12.6. The molecule has 1 amide bonds. The summed E-state index contributed by atoms with van der Waals surface area (Å²) in [5, 5.41) is 2.92. The smallest absolute Gasteiger partial charge is 0.260 e. The van der Waals surface area contributed by atoms with Gasteiger partial charge >= 0.3 is 0 Å². The van der Waals surface area contributed by atoms with Crippen LogP contribution in [-0.2, 0) is 10.2 Å². The topological polar surface area (TPSA) is 75.3 Å². The molecule has 0 aromatic carbocycles. The lowest BCUT2D eigenvalue weighted by Gasteiger charge is -2.32. The molecule has 1 N–H and O–H groups in total. The van der Waals surface area contributed by atoms with Gasteiger partial charge < -0.3 is 14.6 Å². The first-order chi connectivity index (χ1) is 11.4. The molecule has 1 unspecified atom stereocenters. The molecule has 24 heavy (non-hydrogen) atoms. The number of carbonyl (C=O) groups is 1. The van der Waals surface area contributed by atoms with Crippen LogP contribution in [-0.4, -0.2) is 40.5 Å². The fourth-order valence-corrected chi connectivity index (χ4v) is 3.61. The number of aromatic nitrogens is 2. The van der Waals surface area contributed by atoms with Gasteiger partial charge in [0.2, 0.25) is 0 Å². The van der Waals surface area contributed by atoms with Gasteiger partial charge in [-0.05, 0) is 12.1 Å². The molecule has 3 rings (SSSR count). The Bertz CT molecular complexity index is 791. The summed E-state index contributed by atoms with van der Waals surface area (Å²) in [6.45, 7) is 7.66. The summed E-state index contributed by atoms with van der Waals surface area (Å²) < 4.78 is 5.80. The van der Waals surface area contributed by atoms with Crippen molar-refractivity contribution in [1.29, 1.82) is 0 Å². The minimum Gasteiger partial charge on any atom is -0.367 e. The number of rotatable bonds is 2. The van der Waals surface area contributed by atoms with E-state index in [4.69, 9.17) is 4.74 Å². The molecule has 2 aromatic heterocycles. The Hall–Kier alpha value is -1.99. The van der Waals surface area contributed by atoms with Gasteiger partial charge in [-0.1, -0.05) is 20.8 Å². The molecule has 0 bridgehead atoms. The van der Waals surface area contributed by atoms with E-state index in [1.54, 1.807) is 28.4 Å². The van der Waals surface area contributed by atoms with Gasteiger partial charge in [-0.2, -0.15) is 0 Å². The Morgan fingerprint density at radius 2 is 2.25 bits per heavy atom. The van der Waals surface area contributed by atoms with Gasteiger partial charge in [0.1, 0.15) is 16.7 Å². The predicted molar refractivity (Wildman–Crippen MR) is 92.5 cm³/mol. The molecule has 2 aromatic rings. The van der Waals surface area contributed by atoms with E-state index in [1.165, 1.54) is 6.20 Å². The molecule has 1 aliphatic rings. The third-order valence-electron chi connectivity index (χ3n) is 3.97. The number of hydrogen-bond donors (Lipinski definition) is 1. The molecule has 1 atom stereocenters. The Labute approximate surface area is 144 Å². The zero-order valence-corrected chi connectivity index (χ0v) is 14.9. The first-order valence-corrected chi connectivity index (χ1v) is 8.78. The van der Waals surface area contributed by atoms with Crippen LogP contribution in [0.25, 0.3) is 0 Å². The average molecular weight is 347 g/mol. The lowest BCUT2D eigenvalue weighted by molar-refractivity contribution is -0.0230. The first-order valence-electron chi connectivity index (χ1n) is 7.91. The Morgan fingerprint density at radius 1 is 1.46 bits per heavy atom. The van der Waals surface area contributed by atoms with Gasteiger partial charge in [0.05, 0.1) is 18.8 Å². The highest BCUT2D eigenvalue weighted by atomic mass is 32.1. The fourth-order valence-electron chi connectivity index (χ4n) is 2.52. The summed E-state index contributed by atoms with van der Waals surface area (Å²) in [4.78, 5) is 33.3. The van der Waals surface area contributed by atoms with Crippen LogP contribution in [0, 0.1) is 0 Å². The van der Waals surface area contributed by atoms with Crippen molar-refractivity contribution in [2.24, 2.45) is 0 Å². The van der Waals surface area contributed by atoms with Crippen molar-refractivity contribution >= 4 is 17.2 Å². The van der Waals surface area contributed by atoms with E-state index in [-0.39, 0.29) is 28.5 Å². The van der Waals surface area contributed by atoms with Crippen LogP contribution in [0.3, 0.4) is 0 Å². The van der Waals surface area contributed by atoms with Crippen molar-refractivity contribution in [2.45, 2.75) is 32.3 Å². The van der Waals surface area contributed by atoms with Crippen LogP contribution in [0.15, 0.2) is 28.5 Å². The number of ether oxygens (including phenoxy) is 1. The highest BCUT2D eigenvalue weighted by molar-refractivity contribution is 7.09. The molecule has 0 spiro atoms. The zero-order chi connectivity index (χ0) is 17.3. The quantitative estimate of drug-likeness (QED) is 0.905. The summed E-state index contributed by atoms with van der Waals surface area (Å²) in [6.07, 6.45) is 1.27. The van der Waals surface area contributed by atoms with Crippen molar-refractivity contribution < 1.29 is 9.53 Å². The number of aromatic amines is 1. The number of H-pyrrole nitrogens is 1. The number of hydrogen-bond acceptors (Lipinski definition) is 5. The average Bonchev–Trinajstić information content (AvgIpc) is 3.05. The van der Waals surface area contributed by atoms with Crippen LogP contribution < -0.4 is 5.56 Å². The summed E-state index contributed by atoms with van der Waals surface area (Å²) in [7, 11) is 0. The van der Waals surface area contributed by atoms with Crippen molar-refractivity contribution in [3.05, 3.63) is 50.3 Å². The van der Waals surface area contributed by atoms with Crippen molar-refractivity contribution in [2.75, 3.05) is 19.7 Å². The van der Waals surface area contributed by atoms with Crippen molar-refractivity contribution in [3.8, 4) is 0 Å². The molecular formula is C17H21N3O3S. The molecule has 7 heteroatoms. The van der Waals surface area contributed by atoms with Crippen LogP contribution in [0.2, 0.25) is 0 Å². The molecular weight excluding hydrogens is 326 g/mol. The molecule has 6 nitrogen and oxygen atoms in total. The molecule has 1 saturated heterocycles. The summed E-state index contributed by atoms with van der Waals surface area (Å²) in [6, 6.07) is 3.20. The summed E-state index contributed by atoms with van der Waals surface area (Å²) >= 11 is 1.55. The summed E-state index contributed by atoms with van der Waals surface area (Å²) in [5.41, 5.74) is 0.799. The van der Waals surface area contributed by atoms with Gasteiger partial charge in [-0.15, -0.1) is 11.3 Å². The van der Waals surface area contributed by atoms with Crippen LogP contribution in [0.5, 0.6) is 0 Å². The third-order valence-corrected chi connectivity index (χ3v) is 4.90. The maximum atomic E-state index is 12.6. The van der Waals surface area contributed by atoms with E-state index in [1.807, 2.05) is 5.38 Å². The number of carbonyl (C=O) groups excluding carboxylic acids is 1. The van der Waals surface area contributed by atoms with Gasteiger partial charge in [0.15, 0.2) is 0 Å². The van der Waals surface area contributed by atoms with Gasteiger partial charge in [0.25, 0.3) is 11.5 Å². The number of pyridine rings is 1. The van der Waals surface area contributed by atoms with E-state index in [9.17, 15) is 9.59 Å². The lowest BCUT2D eigenvalue weighted by Crippen LogP contribution is -2.43. The summed E-state index contributed by atoms with van der Waals surface area (Å²) in [5.74, 6) is -0.266. The van der Waals surface area contributed by atoms with Crippen molar-refractivity contribution in [1.82, 2.24) is 14.9 Å². The highest BCUT2D eigenvalue weighted by Crippen LogP contribution is 2.30. The highest BCUT2D eigenvalue weighted by Gasteiger charge is 2.30. The van der Waals surface area contributed by atoms with Crippen molar-refractivity contribution in [3.63, 3.8) is 0 Å². The van der Waals surface area contributed by atoms with Crippen LogP contribution in [0.4, 0.5) is 0 Å². The molecule has 128 valence electrons. The van der Waals surface area contributed by atoms with E-state index < -0.39 is 0 Å². The number of nitrogens with zero attached hydrogens (tertiary/aromatic N) is 2. The van der Waals surface area contributed by atoms with E-state index in [0.717, 1.165) is 10.7 Å². The molecule has 1 fully saturated rings. The molecule has 0 radical (unpaired) electrons. The number of amides is 1. The predicted octanol–water partition coefficient (Wildman–Crippen LogP) is 2.34. The number of thiazole rings is 1. The van der Waals surface area contributed by atoms with Gasteiger partial charge in [0, 0.05) is 23.5 Å². The molecule has 0 saturated carbocycles. The van der Waals surface area contributed by atoms with E-state index >= 15 is 0 Å². The molecule has 0 aliphatic carbocycles. The minimum absolute atomic E-state index is 0.0176. The zero-order valence-electron chi connectivity index (χ0n) is 14.0. The molecule has 3 heterocycles. The van der Waals surface area contributed by atoms with Gasteiger partial charge in [-0.3, -0.25) is 9.59 Å². The maximum Gasteiger partial charge on any atom is 0.260 e. The first kappa shape index (κ1) is 16.9. The minimum atomic E-state index is -0.366. The van der Waals surface area contributed by atoms with Gasteiger partial charge in [-0.25, -0.2) is 4.98 Å². The Balaban J connectivity index is 1.77. The Kier molecular flexibility index (Phi) is 4.56. The molecule has 1 aliphatic heterocycles. The number of morpholine rings is 1. The SMILES string of the molecule is CC(C)(C)c1csc(C2CN(C(=O)c3ccc[nH]c3=O)CCO2)n1. The third kappa shape index (κ3) is 3.42. The monoisotopic (exact) mass is 347 g/mol. The fraction of sp³-hybridized carbons (Fsp3) is 0.471. The normalized spacial score (nSPS) is 18.6. The standard InChI is InChI=1S/C17H21N3O3S/c1-17(2,3)13-10-24-15(19-13)12-9-20(7-8-23-12)16(22)11-5-4-6-18-14(11)21/h4-6,10,12H,7-9H2,1-3H3,(H,18,21). The van der Waals surface area contributed by atoms with E-state index in [2.05, 4.69) is 30.7 Å². The Morgan fingerprint density at radius 3 is 2.92 bits per heavy atom. The van der Waals surface area contributed by atoms with Crippen LogP contribution >= 0.6 is 11.3 Å². The second-order valence-electron chi connectivity index (χ2n) is 6.84. The largest absolute Gasteiger partial charge is 0.367 e. The second kappa shape index (κ2) is 6.49. The number of nitrogens with one attached hydrogen (secondary N) is 1. The van der Waals surface area contributed by atoms with E-state index in [0.29, 0.717) is 19.7 Å². The van der Waals surface area contributed by atoms with Crippen LogP contribution in [0.1, 0.15) is 47.9 Å².